The Hall–Kier alpha value is -1.91. The van der Waals surface area contributed by atoms with Crippen molar-refractivity contribution in [1.82, 2.24) is 0 Å². The molecule has 0 spiro atoms. The van der Waals surface area contributed by atoms with Crippen LogP contribution in [-0.4, -0.2) is 19.6 Å². The van der Waals surface area contributed by atoms with E-state index in [0.717, 1.165) is 5.56 Å². The summed E-state index contributed by atoms with van der Waals surface area (Å²) in [7, 11) is 1.55. The summed E-state index contributed by atoms with van der Waals surface area (Å²) in [6, 6.07) is 10.3. The molecule has 0 bridgehead atoms. The fourth-order valence-corrected chi connectivity index (χ4v) is 2.30. The molecule has 2 aromatic carbocycles. The molecule has 22 heavy (non-hydrogen) atoms. The molecule has 116 valence electrons. The number of anilines is 1. The maximum Gasteiger partial charge on any atom is 0.262 e. The third kappa shape index (κ3) is 4.29. The zero-order valence-corrected chi connectivity index (χ0v) is 13.7. The van der Waals surface area contributed by atoms with Crippen molar-refractivity contribution in [3.63, 3.8) is 0 Å². The lowest BCUT2D eigenvalue weighted by atomic mass is 10.2. The van der Waals surface area contributed by atoms with Crippen LogP contribution in [0.2, 0.25) is 10.0 Å². The average Bonchev–Trinajstić information content (AvgIpc) is 2.46. The predicted octanol–water partition coefficient (Wildman–Crippen LogP) is 4.33. The van der Waals surface area contributed by atoms with Gasteiger partial charge >= 0.3 is 0 Å². The fourth-order valence-electron chi connectivity index (χ4n) is 1.84. The van der Waals surface area contributed by atoms with E-state index >= 15 is 0 Å². The van der Waals surface area contributed by atoms with Crippen molar-refractivity contribution in [3.05, 3.63) is 52.0 Å². The summed E-state index contributed by atoms with van der Waals surface area (Å²) in [6.45, 7) is 1.76. The Morgan fingerprint density at radius 1 is 1.14 bits per heavy atom. The molecule has 0 aliphatic rings. The molecule has 0 unspecified atom stereocenters. The van der Waals surface area contributed by atoms with E-state index in [-0.39, 0.29) is 12.5 Å². The lowest BCUT2D eigenvalue weighted by molar-refractivity contribution is -0.118. The number of hydrogen-bond acceptors (Lipinski definition) is 3. The van der Waals surface area contributed by atoms with E-state index in [1.54, 1.807) is 31.4 Å². The van der Waals surface area contributed by atoms with Crippen LogP contribution in [0.15, 0.2) is 36.4 Å². The van der Waals surface area contributed by atoms with Gasteiger partial charge in [-0.25, -0.2) is 0 Å². The fraction of sp³-hybridized carbons (Fsp3) is 0.188. The Morgan fingerprint density at radius 2 is 1.86 bits per heavy atom. The molecule has 0 aliphatic carbocycles. The monoisotopic (exact) mass is 339 g/mol. The van der Waals surface area contributed by atoms with Crippen molar-refractivity contribution in [1.29, 1.82) is 0 Å². The number of carbonyl (C=O) groups is 1. The molecule has 1 amide bonds. The maximum absolute atomic E-state index is 12.0. The number of rotatable bonds is 5. The second-order valence-electron chi connectivity index (χ2n) is 4.62. The smallest absolute Gasteiger partial charge is 0.262 e. The van der Waals surface area contributed by atoms with Crippen molar-refractivity contribution in [3.8, 4) is 11.5 Å². The van der Waals surface area contributed by atoms with Gasteiger partial charge in [-0.15, -0.1) is 0 Å². The van der Waals surface area contributed by atoms with Gasteiger partial charge in [0.15, 0.2) is 6.61 Å². The molecular formula is C16H15Cl2NO3. The van der Waals surface area contributed by atoms with Crippen LogP contribution in [0.4, 0.5) is 5.69 Å². The minimum Gasteiger partial charge on any atom is -0.495 e. The van der Waals surface area contributed by atoms with E-state index in [9.17, 15) is 4.79 Å². The van der Waals surface area contributed by atoms with Crippen LogP contribution in [0, 0.1) is 6.92 Å². The molecule has 4 nitrogen and oxygen atoms in total. The van der Waals surface area contributed by atoms with Crippen LogP contribution in [-0.2, 0) is 4.79 Å². The summed E-state index contributed by atoms with van der Waals surface area (Å²) >= 11 is 11.8. The number of amides is 1. The van der Waals surface area contributed by atoms with Gasteiger partial charge in [0.1, 0.15) is 11.5 Å². The van der Waals surface area contributed by atoms with Crippen LogP contribution in [0.1, 0.15) is 5.56 Å². The highest BCUT2D eigenvalue weighted by Gasteiger charge is 2.10. The molecule has 1 N–H and O–H groups in total. The third-order valence-corrected chi connectivity index (χ3v) is 3.41. The van der Waals surface area contributed by atoms with Crippen molar-refractivity contribution in [2.24, 2.45) is 0 Å². The van der Waals surface area contributed by atoms with Crippen molar-refractivity contribution < 1.29 is 14.3 Å². The second-order valence-corrected chi connectivity index (χ2v) is 5.46. The SMILES string of the molecule is COc1ccc(C)cc1NC(=O)COc1ccc(Cl)cc1Cl. The number of hydrogen-bond donors (Lipinski definition) is 1. The molecule has 2 rings (SSSR count). The second kappa shape index (κ2) is 7.38. The van der Waals surface area contributed by atoms with Gasteiger partial charge in [0, 0.05) is 5.02 Å². The molecule has 0 heterocycles. The molecular weight excluding hydrogens is 325 g/mol. The summed E-state index contributed by atoms with van der Waals surface area (Å²) in [6.07, 6.45) is 0. The van der Waals surface area contributed by atoms with Gasteiger partial charge in [-0.1, -0.05) is 29.3 Å². The third-order valence-electron chi connectivity index (χ3n) is 2.88. The van der Waals surface area contributed by atoms with Gasteiger partial charge < -0.3 is 14.8 Å². The number of methoxy groups -OCH3 is 1. The summed E-state index contributed by atoms with van der Waals surface area (Å²) in [5, 5.41) is 3.61. The number of nitrogens with one attached hydrogen (secondary N) is 1. The first-order valence-electron chi connectivity index (χ1n) is 6.52. The Morgan fingerprint density at radius 3 is 2.55 bits per heavy atom. The Kier molecular flexibility index (Phi) is 5.52. The first-order chi connectivity index (χ1) is 10.5. The predicted molar refractivity (Wildman–Crippen MR) is 88.3 cm³/mol. The highest BCUT2D eigenvalue weighted by molar-refractivity contribution is 6.35. The molecule has 6 heteroatoms. The molecule has 0 aromatic heterocycles. The molecule has 0 saturated heterocycles. The standard InChI is InChI=1S/C16H15Cl2NO3/c1-10-3-5-15(21-2)13(7-10)19-16(20)9-22-14-6-4-11(17)8-12(14)18/h3-8H,9H2,1-2H3,(H,19,20). The van der Waals surface area contributed by atoms with Crippen molar-refractivity contribution in [2.75, 3.05) is 19.0 Å². The summed E-state index contributed by atoms with van der Waals surface area (Å²) in [5.41, 5.74) is 1.61. The van der Waals surface area contributed by atoms with Crippen LogP contribution >= 0.6 is 23.2 Å². The highest BCUT2D eigenvalue weighted by Crippen LogP contribution is 2.28. The van der Waals surface area contributed by atoms with Gasteiger partial charge in [0.2, 0.25) is 0 Å². The number of halogens is 2. The molecule has 0 aliphatic heterocycles. The number of ether oxygens (including phenoxy) is 2. The van der Waals surface area contributed by atoms with Gasteiger partial charge in [-0.2, -0.15) is 0 Å². The van der Waals surface area contributed by atoms with E-state index < -0.39 is 0 Å². The Bertz CT molecular complexity index is 689. The van der Waals surface area contributed by atoms with Crippen LogP contribution < -0.4 is 14.8 Å². The first-order valence-corrected chi connectivity index (χ1v) is 7.27. The van der Waals surface area contributed by atoms with Crippen LogP contribution in [0.5, 0.6) is 11.5 Å². The molecule has 0 fully saturated rings. The van der Waals surface area contributed by atoms with E-state index in [4.69, 9.17) is 32.7 Å². The van der Waals surface area contributed by atoms with Crippen molar-refractivity contribution >= 4 is 34.8 Å². The maximum atomic E-state index is 12.0. The first kappa shape index (κ1) is 16.5. The Labute approximate surface area is 138 Å². The molecule has 0 radical (unpaired) electrons. The molecule has 2 aromatic rings. The van der Waals surface area contributed by atoms with E-state index in [1.807, 2.05) is 19.1 Å². The topological polar surface area (TPSA) is 47.6 Å². The number of carbonyl (C=O) groups excluding carboxylic acids is 1. The minimum absolute atomic E-state index is 0.168. The van der Waals surface area contributed by atoms with Crippen LogP contribution in [0.3, 0.4) is 0 Å². The summed E-state index contributed by atoms with van der Waals surface area (Å²) in [4.78, 5) is 12.0. The summed E-state index contributed by atoms with van der Waals surface area (Å²) < 4.78 is 10.6. The molecule has 0 atom stereocenters. The quantitative estimate of drug-likeness (QED) is 0.881. The van der Waals surface area contributed by atoms with Crippen LogP contribution in [0.25, 0.3) is 0 Å². The average molecular weight is 340 g/mol. The minimum atomic E-state index is -0.310. The normalized spacial score (nSPS) is 10.2. The van der Waals surface area contributed by atoms with E-state index in [2.05, 4.69) is 5.32 Å². The lowest BCUT2D eigenvalue weighted by Crippen LogP contribution is -2.20. The number of benzene rings is 2. The van der Waals surface area contributed by atoms with Gasteiger partial charge in [0.25, 0.3) is 5.91 Å². The van der Waals surface area contributed by atoms with Crippen molar-refractivity contribution in [2.45, 2.75) is 6.92 Å². The van der Waals surface area contributed by atoms with Gasteiger partial charge in [-0.05, 0) is 42.8 Å². The Balaban J connectivity index is 2.00. The van der Waals surface area contributed by atoms with E-state index in [0.29, 0.717) is 27.2 Å². The lowest BCUT2D eigenvalue weighted by Gasteiger charge is -2.12. The zero-order valence-electron chi connectivity index (χ0n) is 12.2. The van der Waals surface area contributed by atoms with E-state index in [1.165, 1.54) is 0 Å². The summed E-state index contributed by atoms with van der Waals surface area (Å²) in [5.74, 6) is 0.677. The van der Waals surface area contributed by atoms with Gasteiger partial charge in [0.05, 0.1) is 17.8 Å². The largest absolute Gasteiger partial charge is 0.495 e. The zero-order chi connectivity index (χ0) is 16.1. The van der Waals surface area contributed by atoms with Gasteiger partial charge in [-0.3, -0.25) is 4.79 Å². The molecule has 0 saturated carbocycles. The highest BCUT2D eigenvalue weighted by atomic mass is 35.5. The number of aryl methyl sites for hydroxylation is 1.